The van der Waals surface area contributed by atoms with E-state index in [-0.39, 0.29) is 24.0 Å². The van der Waals surface area contributed by atoms with Crippen molar-refractivity contribution in [2.45, 2.75) is 26.5 Å². The lowest BCUT2D eigenvalue weighted by atomic mass is 10.1. The van der Waals surface area contributed by atoms with Crippen LogP contribution in [0.1, 0.15) is 29.0 Å². The van der Waals surface area contributed by atoms with Gasteiger partial charge in [0, 0.05) is 18.0 Å². The Kier molecular flexibility index (Phi) is 10.3. The number of aliphatic imine (C=N–C) groups is 1. The molecule has 1 heterocycles. The highest BCUT2D eigenvalue weighted by molar-refractivity contribution is 14.0. The van der Waals surface area contributed by atoms with Crippen LogP contribution in [0, 0.1) is 6.92 Å². The first kappa shape index (κ1) is 23.0. The number of aliphatic hydroxyl groups is 1. The summed E-state index contributed by atoms with van der Waals surface area (Å²) in [6.45, 7) is 5.67. The molecule has 144 valence electrons. The van der Waals surface area contributed by atoms with Gasteiger partial charge in [-0.05, 0) is 43.2 Å². The first-order valence-electron chi connectivity index (χ1n) is 8.12. The first-order chi connectivity index (χ1) is 12.0. The number of nitrogens with one attached hydrogen (secondary N) is 2. The van der Waals surface area contributed by atoms with Crippen LogP contribution in [0.3, 0.4) is 0 Å². The lowest BCUT2D eigenvalue weighted by Crippen LogP contribution is -2.39. The molecule has 26 heavy (non-hydrogen) atoms. The van der Waals surface area contributed by atoms with E-state index < -0.39 is 6.10 Å². The van der Waals surface area contributed by atoms with E-state index in [9.17, 15) is 5.11 Å². The molecule has 0 aliphatic carbocycles. The van der Waals surface area contributed by atoms with Gasteiger partial charge in [0.1, 0.15) is 11.9 Å². The lowest BCUT2D eigenvalue weighted by molar-refractivity contribution is 0.184. The number of rotatable bonds is 7. The summed E-state index contributed by atoms with van der Waals surface area (Å²) in [6.07, 6.45) is -0.621. The number of methoxy groups -OCH3 is 1. The monoisotopic (exact) mass is 509 g/mol. The smallest absolute Gasteiger partial charge is 0.191 e. The van der Waals surface area contributed by atoms with Crippen molar-refractivity contribution in [3.8, 4) is 5.75 Å². The Labute approximate surface area is 180 Å². The highest BCUT2D eigenvalue weighted by Crippen LogP contribution is 2.26. The zero-order valence-electron chi connectivity index (χ0n) is 15.1. The number of aryl methyl sites for hydroxylation is 1. The molecular weight excluding hydrogens is 485 g/mol. The van der Waals surface area contributed by atoms with Crippen molar-refractivity contribution in [3.63, 3.8) is 0 Å². The molecule has 0 saturated heterocycles. The van der Waals surface area contributed by atoms with E-state index in [0.717, 1.165) is 28.3 Å². The summed E-state index contributed by atoms with van der Waals surface area (Å²) in [7, 11) is 1.67. The number of hydrogen-bond donors (Lipinski definition) is 3. The maximum Gasteiger partial charge on any atom is 0.191 e. The second kappa shape index (κ2) is 11.6. The normalized spacial score (nSPS) is 12.3. The number of nitrogens with zero attached hydrogens (tertiary/aromatic N) is 1. The van der Waals surface area contributed by atoms with Crippen molar-refractivity contribution in [1.29, 1.82) is 0 Å². The van der Waals surface area contributed by atoms with Crippen LogP contribution in [-0.4, -0.2) is 31.3 Å². The average Bonchev–Trinajstić information content (AvgIpc) is 3.03. The van der Waals surface area contributed by atoms with Gasteiger partial charge < -0.3 is 20.5 Å². The molecule has 2 aromatic rings. The van der Waals surface area contributed by atoms with E-state index in [4.69, 9.17) is 16.3 Å². The molecule has 3 N–H and O–H groups in total. The molecule has 0 radical (unpaired) electrons. The van der Waals surface area contributed by atoms with E-state index in [0.29, 0.717) is 23.4 Å². The number of aliphatic hydroxyl groups excluding tert-OH is 1. The average molecular weight is 510 g/mol. The third kappa shape index (κ3) is 6.94. The quantitative estimate of drug-likeness (QED) is 0.298. The molecule has 0 spiro atoms. The summed E-state index contributed by atoms with van der Waals surface area (Å²) >= 11 is 7.29. The Hall–Kier alpha value is -1.03. The number of guanidine groups is 1. The molecule has 2 rings (SSSR count). The molecule has 5 nitrogen and oxygen atoms in total. The van der Waals surface area contributed by atoms with Crippen LogP contribution in [0.4, 0.5) is 0 Å². The minimum absolute atomic E-state index is 0. The lowest BCUT2D eigenvalue weighted by Gasteiger charge is -2.14. The van der Waals surface area contributed by atoms with E-state index in [1.807, 2.05) is 32.0 Å². The van der Waals surface area contributed by atoms with Crippen LogP contribution in [0.25, 0.3) is 0 Å². The van der Waals surface area contributed by atoms with Crippen LogP contribution < -0.4 is 15.4 Å². The Bertz CT molecular complexity index is 724. The predicted molar refractivity (Wildman–Crippen MR) is 120 cm³/mol. The summed E-state index contributed by atoms with van der Waals surface area (Å²) < 4.78 is 5.95. The second-order valence-corrected chi connectivity index (χ2v) is 7.28. The number of halogens is 2. The topological polar surface area (TPSA) is 65.9 Å². The van der Waals surface area contributed by atoms with Gasteiger partial charge >= 0.3 is 0 Å². The van der Waals surface area contributed by atoms with Crippen molar-refractivity contribution in [3.05, 3.63) is 50.7 Å². The summed E-state index contributed by atoms with van der Waals surface area (Å²) in [6, 6.07) is 9.64. The van der Waals surface area contributed by atoms with Gasteiger partial charge in [-0.1, -0.05) is 23.7 Å². The standard InChI is InChI=1S/C18H24ClN3O2S.HI/c1-4-20-18(22-11-14(23)16-7-8-17(19)25-16)21-10-13-5-6-15(24-3)12(2)9-13;/h5-9,14,23H,4,10-11H2,1-3H3,(H2,20,21,22);1H. The number of benzene rings is 1. The van der Waals surface area contributed by atoms with E-state index in [1.54, 1.807) is 13.2 Å². The van der Waals surface area contributed by atoms with Crippen LogP contribution in [-0.2, 0) is 6.54 Å². The molecular formula is C18H25ClIN3O2S. The van der Waals surface area contributed by atoms with Gasteiger partial charge in [-0.2, -0.15) is 0 Å². The van der Waals surface area contributed by atoms with Crippen molar-refractivity contribution < 1.29 is 9.84 Å². The maximum absolute atomic E-state index is 10.2. The fourth-order valence-corrected chi connectivity index (χ4v) is 3.40. The van der Waals surface area contributed by atoms with Crippen LogP contribution >= 0.6 is 46.9 Å². The summed E-state index contributed by atoms with van der Waals surface area (Å²) in [5, 5.41) is 16.6. The highest BCUT2D eigenvalue weighted by Gasteiger charge is 2.11. The Morgan fingerprint density at radius 3 is 2.65 bits per heavy atom. The molecule has 0 amide bonds. The van der Waals surface area contributed by atoms with Crippen molar-refractivity contribution in [2.75, 3.05) is 20.2 Å². The Balaban J connectivity index is 0.00000338. The fourth-order valence-electron chi connectivity index (χ4n) is 2.35. The van der Waals surface area contributed by atoms with Gasteiger partial charge in [-0.15, -0.1) is 35.3 Å². The molecule has 0 aliphatic heterocycles. The van der Waals surface area contributed by atoms with Crippen molar-refractivity contribution >= 4 is 52.9 Å². The Morgan fingerprint density at radius 1 is 1.31 bits per heavy atom. The van der Waals surface area contributed by atoms with E-state index in [2.05, 4.69) is 21.7 Å². The van der Waals surface area contributed by atoms with Gasteiger partial charge in [0.2, 0.25) is 0 Å². The molecule has 1 aromatic heterocycles. The van der Waals surface area contributed by atoms with E-state index in [1.165, 1.54) is 11.3 Å². The van der Waals surface area contributed by atoms with Crippen molar-refractivity contribution in [2.24, 2.45) is 4.99 Å². The maximum atomic E-state index is 10.2. The number of ether oxygens (including phenoxy) is 1. The molecule has 0 bridgehead atoms. The second-order valence-electron chi connectivity index (χ2n) is 5.54. The third-order valence-electron chi connectivity index (χ3n) is 3.61. The van der Waals surface area contributed by atoms with E-state index >= 15 is 0 Å². The third-order valence-corrected chi connectivity index (χ3v) is 4.94. The molecule has 8 heteroatoms. The van der Waals surface area contributed by atoms with Gasteiger partial charge in [0.25, 0.3) is 0 Å². The van der Waals surface area contributed by atoms with Crippen LogP contribution in [0.5, 0.6) is 5.75 Å². The summed E-state index contributed by atoms with van der Waals surface area (Å²) in [5.41, 5.74) is 2.18. The molecule has 1 aromatic carbocycles. The zero-order chi connectivity index (χ0) is 18.2. The number of hydrogen-bond acceptors (Lipinski definition) is 4. The minimum atomic E-state index is -0.621. The Morgan fingerprint density at radius 2 is 2.08 bits per heavy atom. The molecule has 0 aliphatic rings. The van der Waals surface area contributed by atoms with Gasteiger partial charge in [-0.3, -0.25) is 0 Å². The van der Waals surface area contributed by atoms with Crippen molar-refractivity contribution in [1.82, 2.24) is 10.6 Å². The predicted octanol–water partition coefficient (Wildman–Crippen LogP) is 4.13. The van der Waals surface area contributed by atoms with Gasteiger partial charge in [-0.25, -0.2) is 4.99 Å². The minimum Gasteiger partial charge on any atom is -0.496 e. The highest BCUT2D eigenvalue weighted by atomic mass is 127. The zero-order valence-corrected chi connectivity index (χ0v) is 19.0. The summed E-state index contributed by atoms with van der Waals surface area (Å²) in [5.74, 6) is 1.54. The number of thiophene rings is 1. The SMILES string of the molecule is CCNC(=NCc1ccc(OC)c(C)c1)NCC(O)c1ccc(Cl)s1.I. The van der Waals surface area contributed by atoms with Gasteiger partial charge in [0.05, 0.1) is 18.0 Å². The van der Waals surface area contributed by atoms with Crippen LogP contribution in [0.15, 0.2) is 35.3 Å². The molecule has 1 atom stereocenters. The fraction of sp³-hybridized carbons (Fsp3) is 0.389. The van der Waals surface area contributed by atoms with Gasteiger partial charge in [0.15, 0.2) is 5.96 Å². The molecule has 0 fully saturated rings. The molecule has 1 unspecified atom stereocenters. The summed E-state index contributed by atoms with van der Waals surface area (Å²) in [4.78, 5) is 5.40. The first-order valence-corrected chi connectivity index (χ1v) is 9.32. The van der Waals surface area contributed by atoms with Crippen LogP contribution in [0.2, 0.25) is 4.34 Å². The molecule has 0 saturated carbocycles. The largest absolute Gasteiger partial charge is 0.496 e.